The van der Waals surface area contributed by atoms with Crippen molar-refractivity contribution in [3.8, 4) is 11.1 Å². The number of hydrogen-bond acceptors (Lipinski definition) is 4. The van der Waals surface area contributed by atoms with E-state index in [-0.39, 0.29) is 30.4 Å². The minimum atomic E-state index is -1.07. The summed E-state index contributed by atoms with van der Waals surface area (Å²) in [5, 5.41) is 11.8. The fourth-order valence-electron chi connectivity index (χ4n) is 3.63. The minimum absolute atomic E-state index is 0. The van der Waals surface area contributed by atoms with E-state index in [1.54, 1.807) is 11.1 Å². The SMILES string of the molecule is CC(=O)N1c2ccc(-c3ccc(N(C)C)nc3)cc2[C@@H](NC(=O)O)C[C@H]1C.Cl. The van der Waals surface area contributed by atoms with Crippen LogP contribution in [0.1, 0.15) is 31.9 Å². The van der Waals surface area contributed by atoms with E-state index in [1.807, 2.05) is 56.3 Å². The number of nitrogens with one attached hydrogen (secondary N) is 1. The molecule has 0 spiro atoms. The molecule has 0 radical (unpaired) electrons. The summed E-state index contributed by atoms with van der Waals surface area (Å²) in [5.74, 6) is 0.806. The van der Waals surface area contributed by atoms with Crippen LogP contribution in [0.4, 0.5) is 16.3 Å². The number of carbonyl (C=O) groups excluding carboxylic acids is 1. The maximum absolute atomic E-state index is 12.1. The van der Waals surface area contributed by atoms with Gasteiger partial charge >= 0.3 is 6.09 Å². The number of pyridine rings is 1. The first kappa shape index (κ1) is 21.5. The maximum atomic E-state index is 12.1. The topological polar surface area (TPSA) is 85.8 Å². The molecule has 28 heavy (non-hydrogen) atoms. The van der Waals surface area contributed by atoms with Crippen LogP contribution in [0.5, 0.6) is 0 Å². The van der Waals surface area contributed by atoms with Crippen LogP contribution in [0.15, 0.2) is 36.5 Å². The zero-order chi connectivity index (χ0) is 19.7. The molecule has 1 aromatic carbocycles. The minimum Gasteiger partial charge on any atom is -0.465 e. The molecule has 0 unspecified atom stereocenters. The summed E-state index contributed by atoms with van der Waals surface area (Å²) >= 11 is 0. The number of halogens is 1. The largest absolute Gasteiger partial charge is 0.465 e. The van der Waals surface area contributed by atoms with Crippen molar-refractivity contribution in [2.75, 3.05) is 23.9 Å². The Hall–Kier alpha value is -2.80. The summed E-state index contributed by atoms with van der Waals surface area (Å²) in [4.78, 5) is 31.5. The monoisotopic (exact) mass is 404 g/mol. The lowest BCUT2D eigenvalue weighted by Gasteiger charge is -2.39. The van der Waals surface area contributed by atoms with Gasteiger partial charge in [0.25, 0.3) is 0 Å². The Balaban J connectivity index is 0.00000280. The van der Waals surface area contributed by atoms with Crippen LogP contribution in [0.3, 0.4) is 0 Å². The third kappa shape index (κ3) is 4.20. The molecule has 1 aliphatic heterocycles. The van der Waals surface area contributed by atoms with Gasteiger partial charge in [0.05, 0.1) is 6.04 Å². The maximum Gasteiger partial charge on any atom is 0.405 e. The van der Waals surface area contributed by atoms with Crippen molar-refractivity contribution in [3.05, 3.63) is 42.1 Å². The molecule has 2 N–H and O–H groups in total. The van der Waals surface area contributed by atoms with Crippen molar-refractivity contribution in [2.24, 2.45) is 0 Å². The van der Waals surface area contributed by atoms with Crippen LogP contribution in [0.25, 0.3) is 11.1 Å². The number of anilines is 2. The van der Waals surface area contributed by atoms with Crippen molar-refractivity contribution in [1.82, 2.24) is 10.3 Å². The zero-order valence-electron chi connectivity index (χ0n) is 16.3. The summed E-state index contributed by atoms with van der Waals surface area (Å²) in [7, 11) is 3.86. The van der Waals surface area contributed by atoms with Crippen LogP contribution < -0.4 is 15.1 Å². The van der Waals surface area contributed by atoms with Gasteiger partial charge in [-0.3, -0.25) is 4.79 Å². The normalized spacial score (nSPS) is 17.9. The predicted octanol–water partition coefficient (Wildman–Crippen LogP) is 3.69. The van der Waals surface area contributed by atoms with Crippen LogP contribution in [-0.2, 0) is 4.79 Å². The number of aromatic nitrogens is 1. The first-order valence-electron chi connectivity index (χ1n) is 8.85. The van der Waals surface area contributed by atoms with Gasteiger partial charge in [-0.2, -0.15) is 0 Å². The van der Waals surface area contributed by atoms with Gasteiger partial charge in [0.15, 0.2) is 0 Å². The molecule has 2 aromatic rings. The molecule has 2 heterocycles. The third-order valence-electron chi connectivity index (χ3n) is 4.86. The van der Waals surface area contributed by atoms with Gasteiger partial charge in [-0.05, 0) is 48.7 Å². The molecule has 1 aromatic heterocycles. The van der Waals surface area contributed by atoms with E-state index in [2.05, 4.69) is 10.3 Å². The summed E-state index contributed by atoms with van der Waals surface area (Å²) in [6.07, 6.45) is 1.25. The number of carbonyl (C=O) groups is 2. The van der Waals surface area contributed by atoms with Gasteiger partial charge in [-0.25, -0.2) is 9.78 Å². The van der Waals surface area contributed by atoms with Crippen molar-refractivity contribution in [3.63, 3.8) is 0 Å². The number of rotatable bonds is 3. The van der Waals surface area contributed by atoms with Gasteiger partial charge in [0.1, 0.15) is 5.82 Å². The fraction of sp³-hybridized carbons (Fsp3) is 0.350. The summed E-state index contributed by atoms with van der Waals surface area (Å²) in [6, 6.07) is 9.25. The van der Waals surface area contributed by atoms with Crippen molar-refractivity contribution < 1.29 is 14.7 Å². The van der Waals surface area contributed by atoms with Gasteiger partial charge in [0, 0.05) is 44.5 Å². The second-order valence-electron chi connectivity index (χ2n) is 7.05. The standard InChI is InChI=1S/C20H24N4O3.ClH/c1-12-9-17(22-20(26)27)16-10-14(5-7-18(16)24(12)13(2)25)15-6-8-19(21-11-15)23(3)4;/h5-8,10-12,17,22H,9H2,1-4H3,(H,26,27);1H/t12-,17+;/m1./s1. The van der Waals surface area contributed by atoms with E-state index in [4.69, 9.17) is 0 Å². The number of carboxylic acid groups (broad SMARTS) is 1. The number of nitrogens with zero attached hydrogens (tertiary/aromatic N) is 3. The van der Waals surface area contributed by atoms with Gasteiger partial charge in [0.2, 0.25) is 5.91 Å². The fourth-order valence-corrected chi connectivity index (χ4v) is 3.63. The van der Waals surface area contributed by atoms with Gasteiger partial charge in [-0.15, -0.1) is 12.4 Å². The number of amides is 2. The molecule has 3 rings (SSSR count). The predicted molar refractivity (Wildman–Crippen MR) is 112 cm³/mol. The lowest BCUT2D eigenvalue weighted by molar-refractivity contribution is -0.117. The lowest BCUT2D eigenvalue weighted by atomic mass is 9.89. The molecular formula is C20H25ClN4O3. The van der Waals surface area contributed by atoms with E-state index >= 15 is 0 Å². The summed E-state index contributed by atoms with van der Waals surface area (Å²) < 4.78 is 0. The number of fused-ring (bicyclic) bond motifs is 1. The van der Waals surface area contributed by atoms with E-state index in [1.165, 1.54) is 6.92 Å². The van der Waals surface area contributed by atoms with Gasteiger partial charge < -0.3 is 20.2 Å². The highest BCUT2D eigenvalue weighted by Crippen LogP contribution is 2.39. The van der Waals surface area contributed by atoms with Crippen molar-refractivity contribution in [1.29, 1.82) is 0 Å². The molecular weight excluding hydrogens is 380 g/mol. The Morgan fingerprint density at radius 2 is 1.89 bits per heavy atom. The average Bonchev–Trinajstić information content (AvgIpc) is 2.60. The van der Waals surface area contributed by atoms with Crippen LogP contribution in [0.2, 0.25) is 0 Å². The summed E-state index contributed by atoms with van der Waals surface area (Å²) in [6.45, 7) is 3.46. The molecule has 0 saturated carbocycles. The molecule has 0 fully saturated rings. The summed E-state index contributed by atoms with van der Waals surface area (Å²) in [5.41, 5.74) is 3.42. The van der Waals surface area contributed by atoms with Crippen LogP contribution in [0, 0.1) is 0 Å². The molecule has 7 nitrogen and oxygen atoms in total. The highest BCUT2D eigenvalue weighted by atomic mass is 35.5. The molecule has 2 amide bonds. The first-order chi connectivity index (χ1) is 12.8. The Kier molecular flexibility index (Phi) is 6.51. The average molecular weight is 405 g/mol. The molecule has 2 atom stereocenters. The van der Waals surface area contributed by atoms with E-state index in [9.17, 15) is 14.7 Å². The highest BCUT2D eigenvalue weighted by molar-refractivity contribution is 5.94. The smallest absolute Gasteiger partial charge is 0.405 e. The molecule has 150 valence electrons. The Labute approximate surface area is 170 Å². The van der Waals surface area contributed by atoms with Crippen LogP contribution in [-0.4, -0.2) is 42.2 Å². The Morgan fingerprint density at radius 1 is 1.21 bits per heavy atom. The lowest BCUT2D eigenvalue weighted by Crippen LogP contribution is -2.45. The van der Waals surface area contributed by atoms with Crippen molar-refractivity contribution in [2.45, 2.75) is 32.4 Å². The molecule has 8 heteroatoms. The molecule has 0 saturated heterocycles. The quantitative estimate of drug-likeness (QED) is 0.814. The Bertz CT molecular complexity index is 870. The second kappa shape index (κ2) is 8.48. The number of benzene rings is 1. The molecule has 1 aliphatic rings. The van der Waals surface area contributed by atoms with E-state index in [0.29, 0.717) is 6.42 Å². The van der Waals surface area contributed by atoms with E-state index in [0.717, 1.165) is 28.2 Å². The van der Waals surface area contributed by atoms with Crippen LogP contribution >= 0.6 is 12.4 Å². The van der Waals surface area contributed by atoms with E-state index < -0.39 is 6.09 Å². The Morgan fingerprint density at radius 3 is 2.43 bits per heavy atom. The zero-order valence-corrected chi connectivity index (χ0v) is 17.2. The van der Waals surface area contributed by atoms with Gasteiger partial charge in [-0.1, -0.05) is 6.07 Å². The molecule has 0 aliphatic carbocycles. The molecule has 0 bridgehead atoms. The van der Waals surface area contributed by atoms with Crippen molar-refractivity contribution >= 4 is 35.9 Å². The highest BCUT2D eigenvalue weighted by Gasteiger charge is 2.33. The number of hydrogen-bond donors (Lipinski definition) is 2. The first-order valence-corrected chi connectivity index (χ1v) is 8.85. The second-order valence-corrected chi connectivity index (χ2v) is 7.05. The third-order valence-corrected chi connectivity index (χ3v) is 4.86.